The van der Waals surface area contributed by atoms with Gasteiger partial charge in [0.15, 0.2) is 5.82 Å². The van der Waals surface area contributed by atoms with E-state index in [4.69, 9.17) is 16.3 Å². The predicted octanol–water partition coefficient (Wildman–Crippen LogP) is 3.74. The van der Waals surface area contributed by atoms with Gasteiger partial charge in [-0.1, -0.05) is 17.7 Å². The number of alkyl halides is 1. The van der Waals surface area contributed by atoms with E-state index in [2.05, 4.69) is 24.6 Å². The number of aromatic nitrogens is 3. The minimum atomic E-state index is -4.06. The molecule has 48 heavy (non-hydrogen) atoms. The summed E-state index contributed by atoms with van der Waals surface area (Å²) in [5.74, 6) is -2.48. The minimum absolute atomic E-state index is 0.0194. The van der Waals surface area contributed by atoms with E-state index in [1.54, 1.807) is 4.90 Å². The molecule has 12 nitrogen and oxygen atoms in total. The Morgan fingerprint density at radius 3 is 2.75 bits per heavy atom. The molecule has 6 heterocycles. The normalized spacial score (nSPS) is 26.9. The molecule has 4 aliphatic heterocycles. The monoisotopic (exact) mass is 703 g/mol. The Kier molecular flexibility index (Phi) is 7.18. The Morgan fingerprint density at radius 2 is 1.96 bits per heavy atom. The number of carbonyl (C=O) groups excluding carboxylic acids is 1. The van der Waals surface area contributed by atoms with Crippen molar-refractivity contribution in [1.82, 2.24) is 29.3 Å². The first kappa shape index (κ1) is 31.3. The second-order valence-corrected chi connectivity index (χ2v) is 14.8. The van der Waals surface area contributed by atoms with Gasteiger partial charge in [0.05, 0.1) is 15.9 Å². The zero-order chi connectivity index (χ0) is 33.6. The number of anilines is 1. The van der Waals surface area contributed by atoms with E-state index in [0.29, 0.717) is 31.3 Å². The van der Waals surface area contributed by atoms with Crippen LogP contribution in [0.15, 0.2) is 30.5 Å². The van der Waals surface area contributed by atoms with Gasteiger partial charge in [-0.25, -0.2) is 17.9 Å². The number of fused-ring (bicyclic) bond motifs is 3. The molecule has 3 atom stereocenters. The molecular formula is C31H29ClF3N7O5S. The van der Waals surface area contributed by atoms with Crippen molar-refractivity contribution >= 4 is 55.2 Å². The van der Waals surface area contributed by atoms with E-state index in [-0.39, 0.29) is 76.1 Å². The number of amides is 1. The third-order valence-corrected chi connectivity index (χ3v) is 11.4. The molecule has 2 aromatic carbocycles. The molecule has 4 aromatic rings. The summed E-state index contributed by atoms with van der Waals surface area (Å²) in [6, 6.07) is 4.92. The van der Waals surface area contributed by atoms with E-state index in [9.17, 15) is 27.1 Å². The summed E-state index contributed by atoms with van der Waals surface area (Å²) in [6.07, 6.45) is 2.79. The number of piperidine rings is 1. The van der Waals surface area contributed by atoms with Gasteiger partial charge in [0.1, 0.15) is 46.9 Å². The van der Waals surface area contributed by atoms with Crippen LogP contribution in [-0.4, -0.2) is 89.3 Å². The van der Waals surface area contributed by atoms with Crippen molar-refractivity contribution < 1.29 is 36.2 Å². The quantitative estimate of drug-likeness (QED) is 0.281. The summed E-state index contributed by atoms with van der Waals surface area (Å²) in [5.41, 5.74) is -2.52. The minimum Gasteiger partial charge on any atom is -0.508 e. The number of halogens is 4. The van der Waals surface area contributed by atoms with Gasteiger partial charge in [0, 0.05) is 43.2 Å². The number of carbonyl (C=O) groups is 1. The lowest BCUT2D eigenvalue weighted by Crippen LogP contribution is -2.58. The highest BCUT2D eigenvalue weighted by Gasteiger charge is 2.52. The zero-order valence-electron chi connectivity index (χ0n) is 25.3. The summed E-state index contributed by atoms with van der Waals surface area (Å²) >= 11 is 6.33. The Hall–Kier alpha value is -3.99. The summed E-state index contributed by atoms with van der Waals surface area (Å²) in [7, 11) is -4.06. The molecule has 1 spiro atoms. The number of nitrogens with one attached hydrogen (secondary N) is 2. The number of hydrogen-bond acceptors (Lipinski definition) is 10. The maximum atomic E-state index is 16.8. The highest BCUT2D eigenvalue weighted by Crippen LogP contribution is 2.43. The Bertz CT molecular complexity index is 2150. The molecule has 2 aromatic heterocycles. The van der Waals surface area contributed by atoms with E-state index in [1.165, 1.54) is 24.4 Å². The van der Waals surface area contributed by atoms with Crippen LogP contribution in [-0.2, 0) is 15.0 Å². The third-order valence-electron chi connectivity index (χ3n) is 9.90. The number of phenolic OH excluding ortho intramolecular Hbond substituents is 1. The van der Waals surface area contributed by atoms with Crippen LogP contribution in [0, 0.1) is 11.6 Å². The van der Waals surface area contributed by atoms with Crippen molar-refractivity contribution in [1.29, 1.82) is 0 Å². The van der Waals surface area contributed by atoms with Crippen molar-refractivity contribution in [2.75, 3.05) is 37.7 Å². The standard InChI is InChI=1S/C31H29ClF3N7O5S/c32-23-21(34)4-3-16-9-18(43)10-19(22(16)23)25-24(35)26-20(12-36-25)27(41-7-2-6-31(14-41)28(44)39-48(45,46)40-31)38-29(37-26)47-15-30-5-1-8-42(30)13-17(33)11-30/h3-4,9-10,12,17,40,43H,1-2,5-8,11,13-15H2,(H,39,44)/t17-,30+,31?/m1/s1. The SMILES string of the molecule is O=C1NS(=O)(=O)NC12CCCN(c1nc(OC[C@@]34CCCN3C[C@H](F)C4)nc3c(F)c(-c4cc(O)cc5ccc(F)c(Cl)c45)ncc13)C2. The van der Waals surface area contributed by atoms with Crippen LogP contribution >= 0.6 is 11.6 Å². The topological polar surface area (TPSA) is 150 Å². The Morgan fingerprint density at radius 1 is 1.15 bits per heavy atom. The average molecular weight is 704 g/mol. The van der Waals surface area contributed by atoms with Crippen molar-refractivity contribution in [2.45, 2.75) is 49.4 Å². The number of pyridine rings is 1. The van der Waals surface area contributed by atoms with Crippen molar-refractivity contribution in [3.63, 3.8) is 0 Å². The smallest absolute Gasteiger partial charge is 0.319 e. The third kappa shape index (κ3) is 4.99. The average Bonchev–Trinajstić information content (AvgIpc) is 3.63. The van der Waals surface area contributed by atoms with Gasteiger partial charge in [-0.2, -0.15) is 23.1 Å². The molecule has 0 saturated carbocycles. The van der Waals surface area contributed by atoms with Crippen LogP contribution in [0.1, 0.15) is 32.1 Å². The fraction of sp³-hybridized carbons (Fsp3) is 0.419. The second-order valence-electron chi connectivity index (χ2n) is 13.0. The van der Waals surface area contributed by atoms with Gasteiger partial charge in [0.2, 0.25) is 0 Å². The molecule has 4 aliphatic rings. The molecule has 0 radical (unpaired) electrons. The fourth-order valence-corrected chi connectivity index (χ4v) is 9.32. The lowest BCUT2D eigenvalue weighted by atomic mass is 9.89. The van der Waals surface area contributed by atoms with Gasteiger partial charge in [0.25, 0.3) is 5.91 Å². The number of benzene rings is 2. The van der Waals surface area contributed by atoms with E-state index >= 15 is 4.39 Å². The first-order valence-corrected chi connectivity index (χ1v) is 17.3. The van der Waals surface area contributed by atoms with Crippen molar-refractivity contribution in [3.8, 4) is 23.0 Å². The Labute approximate surface area is 277 Å². The fourth-order valence-electron chi connectivity index (χ4n) is 7.78. The van der Waals surface area contributed by atoms with E-state index in [0.717, 1.165) is 19.0 Å². The van der Waals surface area contributed by atoms with E-state index < -0.39 is 45.0 Å². The largest absolute Gasteiger partial charge is 0.508 e. The van der Waals surface area contributed by atoms with E-state index in [1.807, 2.05) is 4.72 Å². The number of rotatable bonds is 5. The van der Waals surface area contributed by atoms with Gasteiger partial charge in [-0.15, -0.1) is 0 Å². The van der Waals surface area contributed by atoms with Crippen molar-refractivity contribution in [2.24, 2.45) is 0 Å². The first-order chi connectivity index (χ1) is 22.9. The van der Waals surface area contributed by atoms with Crippen molar-refractivity contribution in [3.05, 3.63) is 47.1 Å². The summed E-state index contributed by atoms with van der Waals surface area (Å²) in [4.78, 5) is 30.0. The van der Waals surface area contributed by atoms with Crippen LogP contribution in [0.4, 0.5) is 19.0 Å². The molecule has 0 bridgehead atoms. The molecule has 252 valence electrons. The van der Waals surface area contributed by atoms with Gasteiger partial charge < -0.3 is 14.7 Å². The first-order valence-electron chi connectivity index (χ1n) is 15.5. The van der Waals surface area contributed by atoms with Crippen LogP contribution in [0.25, 0.3) is 32.9 Å². The zero-order valence-corrected chi connectivity index (χ0v) is 26.8. The molecule has 0 aliphatic carbocycles. The molecule has 8 rings (SSSR count). The lowest BCUT2D eigenvalue weighted by molar-refractivity contribution is -0.124. The molecule has 1 unspecified atom stereocenters. The number of nitrogens with zero attached hydrogens (tertiary/aromatic N) is 5. The van der Waals surface area contributed by atoms with Gasteiger partial charge in [-0.05, 0) is 55.8 Å². The molecule has 1 amide bonds. The second kappa shape index (κ2) is 11.0. The molecule has 4 saturated heterocycles. The number of hydrogen-bond donors (Lipinski definition) is 3. The van der Waals surface area contributed by atoms with Crippen LogP contribution in [0.2, 0.25) is 5.02 Å². The molecule has 4 fully saturated rings. The molecular weight excluding hydrogens is 675 g/mol. The Balaban J connectivity index is 1.27. The predicted molar refractivity (Wildman–Crippen MR) is 170 cm³/mol. The van der Waals surface area contributed by atoms with Crippen LogP contribution < -0.4 is 19.1 Å². The van der Waals surface area contributed by atoms with Gasteiger partial charge >= 0.3 is 16.2 Å². The summed E-state index contributed by atoms with van der Waals surface area (Å²) in [5, 5.41) is 10.8. The highest BCUT2D eigenvalue weighted by molar-refractivity contribution is 7.88. The molecule has 3 N–H and O–H groups in total. The summed E-state index contributed by atoms with van der Waals surface area (Å²) < 4.78 is 81.0. The summed E-state index contributed by atoms with van der Waals surface area (Å²) in [6.45, 7) is 1.29. The maximum absolute atomic E-state index is 16.8. The van der Waals surface area contributed by atoms with Crippen LogP contribution in [0.5, 0.6) is 11.8 Å². The molecule has 17 heteroatoms. The highest BCUT2D eigenvalue weighted by atomic mass is 35.5. The maximum Gasteiger partial charge on any atom is 0.319 e. The van der Waals surface area contributed by atoms with Gasteiger partial charge in [-0.3, -0.25) is 14.7 Å². The number of ether oxygens (including phenoxy) is 1. The lowest BCUT2D eigenvalue weighted by Gasteiger charge is -2.38. The van der Waals surface area contributed by atoms with Crippen LogP contribution in [0.3, 0.4) is 0 Å². The number of aromatic hydroxyl groups is 1. The number of phenols is 1.